The Balaban J connectivity index is 0.00000196. The minimum Gasteiger partial charge on any atom is -0.388 e. The molecule has 15 heavy (non-hydrogen) atoms. The number of hydrogen-bond donors (Lipinski definition) is 3. The van der Waals surface area contributed by atoms with Gasteiger partial charge in [-0.1, -0.05) is 0 Å². The molecular weight excluding hydrogens is 227 g/mol. The van der Waals surface area contributed by atoms with E-state index in [0.717, 1.165) is 0 Å². The molecule has 0 saturated carbocycles. The van der Waals surface area contributed by atoms with E-state index in [0.29, 0.717) is 11.4 Å². The first kappa shape index (κ1) is 14.7. The molecule has 0 aliphatic carbocycles. The normalized spacial score (nSPS) is 10.3. The van der Waals surface area contributed by atoms with Gasteiger partial charge >= 0.3 is 0 Å². The van der Waals surface area contributed by atoms with Crippen LogP contribution in [0.3, 0.4) is 0 Å². The van der Waals surface area contributed by atoms with Gasteiger partial charge in [0.2, 0.25) is 0 Å². The second-order valence-corrected chi connectivity index (χ2v) is 4.14. The predicted octanol–water partition coefficient (Wildman–Crippen LogP) is 0.636. The molecule has 5 nitrogen and oxygen atoms in total. The van der Waals surface area contributed by atoms with Crippen molar-refractivity contribution in [1.82, 2.24) is 0 Å². The minimum absolute atomic E-state index is 0. The molecule has 3 N–H and O–H groups in total. The molecule has 0 bridgehead atoms. The van der Waals surface area contributed by atoms with Crippen molar-refractivity contribution in [1.29, 1.82) is 0 Å². The third-order valence-corrected chi connectivity index (χ3v) is 2.61. The van der Waals surface area contributed by atoms with Gasteiger partial charge in [0.25, 0.3) is 10.1 Å². The smallest absolute Gasteiger partial charge is 0.294 e. The Labute approximate surface area is 111 Å². The molecule has 1 aromatic rings. The largest absolute Gasteiger partial charge is 0.388 e. The fourth-order valence-corrected chi connectivity index (χ4v) is 1.59. The zero-order valence-corrected chi connectivity index (χ0v) is 11.7. The van der Waals surface area contributed by atoms with Crippen LogP contribution in [0.15, 0.2) is 23.1 Å². The zero-order chi connectivity index (χ0) is 10.8. The summed E-state index contributed by atoms with van der Waals surface area (Å²) in [4.78, 5) is -0.131. The zero-order valence-electron chi connectivity index (χ0n) is 8.90. The van der Waals surface area contributed by atoms with Gasteiger partial charge < -0.3 is 10.6 Å². The Hall–Kier alpha value is -0.270. The van der Waals surface area contributed by atoms with Gasteiger partial charge in [0, 0.05) is 55.0 Å². The second-order valence-electron chi connectivity index (χ2n) is 2.72. The molecule has 0 amide bonds. The van der Waals surface area contributed by atoms with E-state index >= 15 is 0 Å². The van der Waals surface area contributed by atoms with Crippen molar-refractivity contribution in [3.05, 3.63) is 18.2 Å². The van der Waals surface area contributed by atoms with Gasteiger partial charge in [-0.3, -0.25) is 4.55 Å². The number of anilines is 2. The Kier molecular flexibility index (Phi) is 5.61. The van der Waals surface area contributed by atoms with Crippen molar-refractivity contribution in [3.8, 4) is 0 Å². The number of benzene rings is 1. The summed E-state index contributed by atoms with van der Waals surface area (Å²) in [6.07, 6.45) is 0. The summed E-state index contributed by atoms with van der Waals surface area (Å²) in [5.74, 6) is 0. The number of rotatable bonds is 3. The quantitative estimate of drug-likeness (QED) is 0.533. The molecular formula is C8H12N2NaO3S. The van der Waals surface area contributed by atoms with Crippen LogP contribution in [0.2, 0.25) is 0 Å². The molecule has 0 fully saturated rings. The Morgan fingerprint density at radius 2 is 1.47 bits per heavy atom. The van der Waals surface area contributed by atoms with Crippen molar-refractivity contribution in [3.63, 3.8) is 0 Å². The molecule has 0 heterocycles. The molecule has 0 aliphatic rings. The van der Waals surface area contributed by atoms with Crippen molar-refractivity contribution < 1.29 is 13.0 Å². The monoisotopic (exact) mass is 239 g/mol. The fraction of sp³-hybridized carbons (Fsp3) is 0.250. The molecule has 1 radical (unpaired) electrons. The SMILES string of the molecule is CNc1cc(NC)cc(S(=O)(=O)O)c1.[Na]. The van der Waals surface area contributed by atoms with Gasteiger partial charge in [0.15, 0.2) is 0 Å². The van der Waals surface area contributed by atoms with E-state index in [2.05, 4.69) is 10.6 Å². The van der Waals surface area contributed by atoms with Gasteiger partial charge in [-0.25, -0.2) is 0 Å². The first-order valence-corrected chi connectivity index (χ1v) is 5.39. The molecule has 0 atom stereocenters. The van der Waals surface area contributed by atoms with Gasteiger partial charge in [0.1, 0.15) is 0 Å². The summed E-state index contributed by atoms with van der Waals surface area (Å²) in [7, 11) is -0.810. The molecule has 0 aliphatic heterocycles. The molecule has 7 heteroatoms. The van der Waals surface area contributed by atoms with Crippen molar-refractivity contribution in [2.45, 2.75) is 4.90 Å². The standard InChI is InChI=1S/C8H12N2O3S.Na/c1-9-6-3-7(10-2)5-8(4-6)14(11,12)13;/h3-5,9-10H,1-2H3,(H,11,12,13);. The van der Waals surface area contributed by atoms with Crippen molar-refractivity contribution >= 4 is 51.1 Å². The third kappa shape index (κ3) is 4.00. The molecule has 0 saturated heterocycles. The Morgan fingerprint density at radius 3 is 1.73 bits per heavy atom. The molecule has 0 unspecified atom stereocenters. The summed E-state index contributed by atoms with van der Waals surface area (Å²) in [6, 6.07) is 4.45. The van der Waals surface area contributed by atoms with Crippen LogP contribution < -0.4 is 10.6 Å². The maximum absolute atomic E-state index is 10.9. The molecule has 79 valence electrons. The van der Waals surface area contributed by atoms with Crippen LogP contribution in [-0.2, 0) is 10.1 Å². The Bertz CT molecular complexity index is 411. The first-order valence-electron chi connectivity index (χ1n) is 3.95. The van der Waals surface area contributed by atoms with Crippen LogP contribution in [-0.4, -0.2) is 56.6 Å². The van der Waals surface area contributed by atoms with Crippen LogP contribution >= 0.6 is 0 Å². The summed E-state index contributed by atoms with van der Waals surface area (Å²) >= 11 is 0. The van der Waals surface area contributed by atoms with Gasteiger partial charge in [0.05, 0.1) is 4.90 Å². The van der Waals surface area contributed by atoms with E-state index in [-0.39, 0.29) is 34.5 Å². The Morgan fingerprint density at radius 1 is 1.07 bits per heavy atom. The van der Waals surface area contributed by atoms with Crippen LogP contribution in [0.4, 0.5) is 11.4 Å². The van der Waals surface area contributed by atoms with Crippen LogP contribution in [0.1, 0.15) is 0 Å². The van der Waals surface area contributed by atoms with Gasteiger partial charge in [-0.05, 0) is 18.2 Å². The van der Waals surface area contributed by atoms with E-state index in [1.54, 1.807) is 20.2 Å². The molecule has 0 aromatic heterocycles. The summed E-state index contributed by atoms with van der Waals surface area (Å²) in [6.45, 7) is 0. The van der Waals surface area contributed by atoms with Gasteiger partial charge in [-0.2, -0.15) is 8.42 Å². The third-order valence-electron chi connectivity index (χ3n) is 1.78. The minimum atomic E-state index is -4.15. The van der Waals surface area contributed by atoms with Crippen LogP contribution in [0.25, 0.3) is 0 Å². The van der Waals surface area contributed by atoms with Crippen LogP contribution in [0, 0.1) is 0 Å². The van der Waals surface area contributed by atoms with Gasteiger partial charge in [-0.15, -0.1) is 0 Å². The molecule has 1 aromatic carbocycles. The number of hydrogen-bond acceptors (Lipinski definition) is 4. The summed E-state index contributed by atoms with van der Waals surface area (Å²) in [5.41, 5.74) is 1.23. The summed E-state index contributed by atoms with van der Waals surface area (Å²) < 4.78 is 30.6. The van der Waals surface area contributed by atoms with Crippen LogP contribution in [0.5, 0.6) is 0 Å². The molecule has 0 spiro atoms. The fourth-order valence-electron chi connectivity index (χ4n) is 1.04. The number of nitrogens with one attached hydrogen (secondary N) is 2. The average Bonchev–Trinajstić information content (AvgIpc) is 2.15. The topological polar surface area (TPSA) is 78.4 Å². The average molecular weight is 239 g/mol. The van der Waals surface area contributed by atoms with Crippen molar-refractivity contribution in [2.24, 2.45) is 0 Å². The maximum atomic E-state index is 10.9. The van der Waals surface area contributed by atoms with E-state index in [9.17, 15) is 8.42 Å². The van der Waals surface area contributed by atoms with E-state index < -0.39 is 10.1 Å². The van der Waals surface area contributed by atoms with E-state index in [1.807, 2.05) is 0 Å². The van der Waals surface area contributed by atoms with Crippen molar-refractivity contribution in [2.75, 3.05) is 24.7 Å². The van der Waals surface area contributed by atoms with E-state index in [1.165, 1.54) is 12.1 Å². The summed E-state index contributed by atoms with van der Waals surface area (Å²) in [5, 5.41) is 5.60. The predicted molar refractivity (Wildman–Crippen MR) is 61.1 cm³/mol. The first-order chi connectivity index (χ1) is 6.47. The van der Waals surface area contributed by atoms with E-state index in [4.69, 9.17) is 4.55 Å². The molecule has 1 rings (SSSR count). The second kappa shape index (κ2) is 5.72. The maximum Gasteiger partial charge on any atom is 0.294 e.